The Kier molecular flexibility index (Phi) is 4.42. The summed E-state index contributed by atoms with van der Waals surface area (Å²) < 4.78 is 7.86. The molecule has 1 unspecified atom stereocenters. The van der Waals surface area contributed by atoms with Crippen molar-refractivity contribution in [2.45, 2.75) is 26.4 Å². The Morgan fingerprint density at radius 3 is 2.96 bits per heavy atom. The van der Waals surface area contributed by atoms with Crippen molar-refractivity contribution in [3.05, 3.63) is 48.2 Å². The second kappa shape index (κ2) is 6.88. The molecule has 0 amide bonds. The predicted octanol–water partition coefficient (Wildman–Crippen LogP) is 3.07. The number of likely N-dealkylation sites (tertiary alicyclic amines) is 1. The van der Waals surface area contributed by atoms with Gasteiger partial charge in [0.1, 0.15) is 6.10 Å². The Morgan fingerprint density at radius 1 is 1.31 bits per heavy atom. The number of aromatic nitrogens is 3. The first-order valence-electron chi connectivity index (χ1n) is 8.99. The zero-order valence-corrected chi connectivity index (χ0v) is 15.1. The van der Waals surface area contributed by atoms with E-state index in [1.807, 2.05) is 36.4 Å². The van der Waals surface area contributed by atoms with E-state index < -0.39 is 0 Å². The van der Waals surface area contributed by atoms with Gasteiger partial charge in [0.25, 0.3) is 0 Å². The largest absolute Gasteiger partial charge is 0.472 e. The van der Waals surface area contributed by atoms with Crippen LogP contribution in [0.1, 0.15) is 30.6 Å². The van der Waals surface area contributed by atoms with Gasteiger partial charge in [0.15, 0.2) is 11.4 Å². The van der Waals surface area contributed by atoms with Gasteiger partial charge in [-0.1, -0.05) is 25.1 Å². The first-order valence-corrected chi connectivity index (χ1v) is 8.99. The van der Waals surface area contributed by atoms with Gasteiger partial charge in [0.2, 0.25) is 5.88 Å². The van der Waals surface area contributed by atoms with E-state index in [4.69, 9.17) is 4.74 Å². The number of imidazole rings is 1. The van der Waals surface area contributed by atoms with E-state index in [-0.39, 0.29) is 11.9 Å². The summed E-state index contributed by atoms with van der Waals surface area (Å²) in [5.41, 5.74) is 3.18. The predicted molar refractivity (Wildman–Crippen MR) is 99.6 cm³/mol. The SMILES string of the molecule is CCN1CCC(Oc2ccc3ncc(-c4cccc(C(C)=O)c4)n3n2)C1. The molecular formula is C20H22N4O2. The molecule has 134 valence electrons. The van der Waals surface area contributed by atoms with E-state index in [1.54, 1.807) is 17.6 Å². The quantitative estimate of drug-likeness (QED) is 0.662. The van der Waals surface area contributed by atoms with Crippen molar-refractivity contribution in [2.75, 3.05) is 19.6 Å². The molecule has 0 N–H and O–H groups in total. The van der Waals surface area contributed by atoms with Gasteiger partial charge in [-0.3, -0.25) is 9.69 Å². The minimum absolute atomic E-state index is 0.0411. The fraction of sp³-hybridized carbons (Fsp3) is 0.350. The van der Waals surface area contributed by atoms with Gasteiger partial charge >= 0.3 is 0 Å². The molecule has 0 radical (unpaired) electrons. The normalized spacial score (nSPS) is 17.7. The number of carbonyl (C=O) groups excluding carboxylic acids is 1. The van der Waals surface area contributed by atoms with Crippen molar-refractivity contribution >= 4 is 11.4 Å². The molecular weight excluding hydrogens is 328 g/mol. The second-order valence-corrected chi connectivity index (χ2v) is 6.64. The fourth-order valence-electron chi connectivity index (χ4n) is 3.36. The monoisotopic (exact) mass is 350 g/mol. The molecule has 0 spiro atoms. The number of rotatable bonds is 5. The first-order chi connectivity index (χ1) is 12.6. The highest BCUT2D eigenvalue weighted by atomic mass is 16.5. The van der Waals surface area contributed by atoms with Gasteiger partial charge in [-0.2, -0.15) is 0 Å². The Bertz CT molecular complexity index is 950. The van der Waals surface area contributed by atoms with Gasteiger partial charge < -0.3 is 4.74 Å². The smallest absolute Gasteiger partial charge is 0.232 e. The van der Waals surface area contributed by atoms with Crippen molar-refractivity contribution in [3.8, 4) is 17.1 Å². The second-order valence-electron chi connectivity index (χ2n) is 6.64. The molecule has 1 saturated heterocycles. The van der Waals surface area contributed by atoms with E-state index in [0.717, 1.165) is 43.0 Å². The molecule has 26 heavy (non-hydrogen) atoms. The van der Waals surface area contributed by atoms with E-state index >= 15 is 0 Å². The Morgan fingerprint density at radius 2 is 2.19 bits per heavy atom. The van der Waals surface area contributed by atoms with Gasteiger partial charge in [-0.15, -0.1) is 5.10 Å². The van der Waals surface area contributed by atoms with E-state index in [2.05, 4.69) is 21.9 Å². The van der Waals surface area contributed by atoms with Gasteiger partial charge in [0, 0.05) is 30.3 Å². The number of ketones is 1. The summed E-state index contributed by atoms with van der Waals surface area (Å²) >= 11 is 0. The number of hydrogen-bond acceptors (Lipinski definition) is 5. The molecule has 3 aromatic rings. The van der Waals surface area contributed by atoms with Crippen molar-refractivity contribution in [1.29, 1.82) is 0 Å². The van der Waals surface area contributed by atoms with E-state index in [9.17, 15) is 4.79 Å². The summed E-state index contributed by atoms with van der Waals surface area (Å²) in [6.45, 7) is 6.79. The van der Waals surface area contributed by atoms with Crippen LogP contribution in [0.25, 0.3) is 16.9 Å². The van der Waals surface area contributed by atoms with Crippen LogP contribution in [-0.2, 0) is 0 Å². The molecule has 0 saturated carbocycles. The number of Topliss-reactive ketones (excluding diaryl/α,β-unsaturated/α-hetero) is 1. The standard InChI is InChI=1S/C20H22N4O2/c1-3-23-10-9-17(13-23)26-20-8-7-19-21-12-18(24(19)22-20)16-6-4-5-15(11-16)14(2)25/h4-8,11-12,17H,3,9-10,13H2,1-2H3. The van der Waals surface area contributed by atoms with E-state index in [0.29, 0.717) is 11.4 Å². The number of likely N-dealkylation sites (N-methyl/N-ethyl adjacent to an activating group) is 1. The van der Waals surface area contributed by atoms with Crippen molar-refractivity contribution in [1.82, 2.24) is 19.5 Å². The highest BCUT2D eigenvalue weighted by Crippen LogP contribution is 2.23. The summed E-state index contributed by atoms with van der Waals surface area (Å²) in [5.74, 6) is 0.641. The van der Waals surface area contributed by atoms with Crippen LogP contribution in [0.2, 0.25) is 0 Å². The maximum atomic E-state index is 11.7. The number of nitrogens with zero attached hydrogens (tertiary/aromatic N) is 4. The lowest BCUT2D eigenvalue weighted by atomic mass is 10.1. The number of ether oxygens (including phenoxy) is 1. The fourth-order valence-corrected chi connectivity index (χ4v) is 3.36. The summed E-state index contributed by atoms with van der Waals surface area (Å²) in [6, 6.07) is 11.3. The molecule has 6 heteroatoms. The number of benzene rings is 1. The van der Waals surface area contributed by atoms with Crippen LogP contribution < -0.4 is 4.74 Å². The van der Waals surface area contributed by atoms with Crippen LogP contribution in [-0.4, -0.2) is 51.0 Å². The zero-order chi connectivity index (χ0) is 18.1. The number of carbonyl (C=O) groups is 1. The average molecular weight is 350 g/mol. The highest BCUT2D eigenvalue weighted by molar-refractivity contribution is 5.95. The van der Waals surface area contributed by atoms with Crippen LogP contribution in [0.5, 0.6) is 5.88 Å². The highest BCUT2D eigenvalue weighted by Gasteiger charge is 2.23. The summed E-state index contributed by atoms with van der Waals surface area (Å²) in [4.78, 5) is 18.5. The summed E-state index contributed by atoms with van der Waals surface area (Å²) in [5, 5.41) is 4.63. The van der Waals surface area contributed by atoms with Crippen LogP contribution in [0.15, 0.2) is 42.6 Å². The Labute approximate surface area is 152 Å². The Balaban J connectivity index is 1.65. The molecule has 1 fully saturated rings. The van der Waals surface area contributed by atoms with Crippen LogP contribution in [0.3, 0.4) is 0 Å². The molecule has 0 bridgehead atoms. The molecule has 3 heterocycles. The lowest BCUT2D eigenvalue weighted by molar-refractivity contribution is 0.101. The molecule has 1 aliphatic rings. The molecule has 6 nitrogen and oxygen atoms in total. The Hall–Kier alpha value is -2.73. The summed E-state index contributed by atoms with van der Waals surface area (Å²) in [6.07, 6.45) is 2.97. The third-order valence-electron chi connectivity index (χ3n) is 4.87. The minimum Gasteiger partial charge on any atom is -0.472 e. The third-order valence-corrected chi connectivity index (χ3v) is 4.87. The van der Waals surface area contributed by atoms with Crippen LogP contribution in [0, 0.1) is 0 Å². The topological polar surface area (TPSA) is 59.7 Å². The molecule has 2 aromatic heterocycles. The van der Waals surface area contributed by atoms with Crippen LogP contribution >= 0.6 is 0 Å². The first kappa shape index (κ1) is 16.7. The van der Waals surface area contributed by atoms with Crippen LogP contribution in [0.4, 0.5) is 0 Å². The maximum Gasteiger partial charge on any atom is 0.232 e. The third kappa shape index (κ3) is 3.20. The minimum atomic E-state index is 0.0411. The average Bonchev–Trinajstić information content (AvgIpc) is 3.28. The molecule has 0 aliphatic carbocycles. The van der Waals surface area contributed by atoms with Gasteiger partial charge in [0.05, 0.1) is 11.9 Å². The lowest BCUT2D eigenvalue weighted by Crippen LogP contribution is -2.24. The van der Waals surface area contributed by atoms with E-state index in [1.165, 1.54) is 0 Å². The number of fused-ring (bicyclic) bond motifs is 1. The van der Waals surface area contributed by atoms with Crippen molar-refractivity contribution in [2.24, 2.45) is 0 Å². The van der Waals surface area contributed by atoms with Crippen molar-refractivity contribution in [3.63, 3.8) is 0 Å². The molecule has 1 atom stereocenters. The molecule has 4 rings (SSSR count). The summed E-state index contributed by atoms with van der Waals surface area (Å²) in [7, 11) is 0. The maximum absolute atomic E-state index is 11.7. The van der Waals surface area contributed by atoms with Gasteiger partial charge in [-0.25, -0.2) is 9.50 Å². The lowest BCUT2D eigenvalue weighted by Gasteiger charge is -2.14. The zero-order valence-electron chi connectivity index (χ0n) is 15.1. The van der Waals surface area contributed by atoms with Crippen molar-refractivity contribution < 1.29 is 9.53 Å². The van der Waals surface area contributed by atoms with Gasteiger partial charge in [-0.05, 0) is 32.0 Å². The number of hydrogen-bond donors (Lipinski definition) is 0. The molecule has 1 aromatic carbocycles. The molecule has 1 aliphatic heterocycles.